The molecule has 77 heavy (non-hydrogen) atoms. The van der Waals surface area contributed by atoms with Gasteiger partial charge < -0.3 is 46.9 Å². The van der Waals surface area contributed by atoms with E-state index in [2.05, 4.69) is 36.9 Å². The third-order valence-electron chi connectivity index (χ3n) is 15.4. The number of nitrogens with zero attached hydrogens (tertiary/aromatic N) is 1. The molecule has 4 aromatic carbocycles. The summed E-state index contributed by atoms with van der Waals surface area (Å²) in [5, 5.41) is 27.6. The minimum absolute atomic E-state index is 0.0401. The van der Waals surface area contributed by atoms with Crippen LogP contribution in [0.4, 0.5) is 0 Å². The number of rotatable bonds is 16. The van der Waals surface area contributed by atoms with Crippen molar-refractivity contribution in [2.24, 2.45) is 23.7 Å². The number of hydrogen-bond donors (Lipinski definition) is 8. The van der Waals surface area contributed by atoms with Crippen LogP contribution in [-0.2, 0) is 50.2 Å². The van der Waals surface area contributed by atoms with Gasteiger partial charge in [0.1, 0.15) is 36.8 Å². The summed E-state index contributed by atoms with van der Waals surface area (Å²) in [6.07, 6.45) is 1.23. The summed E-state index contributed by atoms with van der Waals surface area (Å²) in [7, 11) is 0. The number of fused-ring (bicyclic) bond motifs is 4. The fraction of sp³-hybridized carbons (Fsp3) is 0.424. The van der Waals surface area contributed by atoms with Gasteiger partial charge in [0.15, 0.2) is 0 Å². The number of hydrogen-bond acceptors (Lipinski definition) is 9. The van der Waals surface area contributed by atoms with Crippen molar-refractivity contribution >= 4 is 70.0 Å². The van der Waals surface area contributed by atoms with E-state index < -0.39 is 102 Å². The highest BCUT2D eigenvalue weighted by Gasteiger charge is 2.47. The normalized spacial score (nSPS) is 21.9. The number of carboxylic acids is 1. The van der Waals surface area contributed by atoms with Crippen LogP contribution in [0.5, 0.6) is 0 Å². The topological polar surface area (TPSA) is 248 Å². The third-order valence-corrected chi connectivity index (χ3v) is 16.6. The molecule has 18 heteroatoms. The molecule has 8 N–H and O–H groups in total. The van der Waals surface area contributed by atoms with Crippen molar-refractivity contribution in [1.82, 2.24) is 41.8 Å². The zero-order valence-electron chi connectivity index (χ0n) is 44.6. The molecule has 0 radical (unpaired) electrons. The third kappa shape index (κ3) is 13.6. The van der Waals surface area contributed by atoms with Gasteiger partial charge in [-0.2, -0.15) is 0 Å². The fourth-order valence-electron chi connectivity index (χ4n) is 10.5. The van der Waals surface area contributed by atoms with E-state index in [1.54, 1.807) is 19.9 Å². The van der Waals surface area contributed by atoms with Crippen molar-refractivity contribution in [2.45, 2.75) is 114 Å². The van der Waals surface area contributed by atoms with Gasteiger partial charge in [-0.3, -0.25) is 38.4 Å². The second-order valence-electron chi connectivity index (χ2n) is 20.7. The molecule has 0 bridgehead atoms. The predicted octanol–water partition coefficient (Wildman–Crippen LogP) is 5.46. The molecule has 17 nitrogen and oxygen atoms in total. The maximum Gasteiger partial charge on any atom is 0.322 e. The van der Waals surface area contributed by atoms with Crippen LogP contribution in [0.3, 0.4) is 0 Å². The van der Waals surface area contributed by atoms with E-state index >= 15 is 9.59 Å². The summed E-state index contributed by atoms with van der Waals surface area (Å²) in [5.74, 6) is -6.78. The number of benzene rings is 4. The second-order valence-corrected chi connectivity index (χ2v) is 21.7. The van der Waals surface area contributed by atoms with Crippen molar-refractivity contribution in [3.05, 3.63) is 138 Å². The number of carboxylic acid groups (broad SMARTS) is 1. The molecule has 3 heterocycles. The summed E-state index contributed by atoms with van der Waals surface area (Å²) < 4.78 is 0. The SMILES string of the molecule is CC[C@H](C)[C@H](C)C(=O)NCC(=O)N[C@H]1CSc2[nH]c3ccccc3c2C[C@@H](C(=O)NCC(=O)O)NC(=O)[C@H]([C@@H](C)CC)NC(=O)[C@@H]2C[C@H](C)CN2C(=O)[C@H](CC(c2ccccc2)(c2ccccc2)c2ccccc2)NC1=O. The summed E-state index contributed by atoms with van der Waals surface area (Å²) in [4.78, 5) is 119. The number of para-hydroxylation sites is 1. The van der Waals surface area contributed by atoms with Gasteiger partial charge in [0.25, 0.3) is 0 Å². The monoisotopic (exact) mass is 1070 g/mol. The van der Waals surface area contributed by atoms with E-state index in [0.717, 1.165) is 34.9 Å². The van der Waals surface area contributed by atoms with Gasteiger partial charge in [-0.05, 0) is 58.9 Å². The molecular weight excluding hydrogens is 997 g/mol. The first-order valence-electron chi connectivity index (χ1n) is 26.6. The van der Waals surface area contributed by atoms with E-state index in [1.165, 1.54) is 4.90 Å². The van der Waals surface area contributed by atoms with E-state index in [0.29, 0.717) is 27.9 Å². The van der Waals surface area contributed by atoms with Gasteiger partial charge in [-0.15, -0.1) is 11.8 Å². The smallest absolute Gasteiger partial charge is 0.322 e. The lowest BCUT2D eigenvalue weighted by molar-refractivity contribution is -0.143. The maximum atomic E-state index is 15.9. The van der Waals surface area contributed by atoms with Crippen molar-refractivity contribution in [3.8, 4) is 0 Å². The van der Waals surface area contributed by atoms with Crippen LogP contribution in [0.25, 0.3) is 10.9 Å². The zero-order chi connectivity index (χ0) is 55.4. The molecule has 9 atom stereocenters. The molecule has 408 valence electrons. The van der Waals surface area contributed by atoms with Crippen molar-refractivity contribution in [1.29, 1.82) is 0 Å². The van der Waals surface area contributed by atoms with Gasteiger partial charge in [0, 0.05) is 41.0 Å². The van der Waals surface area contributed by atoms with Crippen molar-refractivity contribution in [3.63, 3.8) is 0 Å². The summed E-state index contributed by atoms with van der Waals surface area (Å²) in [6, 6.07) is 30.0. The largest absolute Gasteiger partial charge is 0.480 e. The fourth-order valence-corrected chi connectivity index (χ4v) is 11.6. The van der Waals surface area contributed by atoms with E-state index in [1.807, 2.05) is 137 Å². The molecular formula is C59H72N8O9S. The van der Waals surface area contributed by atoms with Gasteiger partial charge in [-0.25, -0.2) is 0 Å². The Balaban J connectivity index is 1.39. The Bertz CT molecular complexity index is 2810. The first kappa shape index (κ1) is 57.2. The lowest BCUT2D eigenvalue weighted by Crippen LogP contribution is -2.61. The number of H-pyrrole nitrogens is 1. The first-order valence-corrected chi connectivity index (χ1v) is 27.6. The molecule has 2 aliphatic rings. The Hall–Kier alpha value is -7.47. The average molecular weight is 1070 g/mol. The van der Waals surface area contributed by atoms with Crippen molar-refractivity contribution in [2.75, 3.05) is 25.4 Å². The van der Waals surface area contributed by atoms with Crippen LogP contribution in [0.2, 0.25) is 0 Å². The van der Waals surface area contributed by atoms with Crippen LogP contribution in [-0.4, -0.2) is 118 Å². The van der Waals surface area contributed by atoms with E-state index in [9.17, 15) is 33.9 Å². The van der Waals surface area contributed by atoms with Crippen LogP contribution < -0.4 is 31.9 Å². The quantitative estimate of drug-likeness (QED) is 0.0580. The van der Waals surface area contributed by atoms with Gasteiger partial charge in [-0.1, -0.05) is 164 Å². The van der Waals surface area contributed by atoms with Crippen LogP contribution in [0.1, 0.15) is 89.5 Å². The number of carbonyl (C=O) groups excluding carboxylic acids is 7. The molecule has 0 unspecified atom stereocenters. The zero-order valence-corrected chi connectivity index (χ0v) is 45.4. The Morgan fingerprint density at radius 2 is 1.34 bits per heavy atom. The van der Waals surface area contributed by atoms with Gasteiger partial charge in [0.05, 0.1) is 11.6 Å². The summed E-state index contributed by atoms with van der Waals surface area (Å²) >= 11 is 1.16. The van der Waals surface area contributed by atoms with E-state index in [-0.39, 0.29) is 49.3 Å². The first-order chi connectivity index (χ1) is 36.9. The lowest BCUT2D eigenvalue weighted by atomic mass is 9.65. The summed E-state index contributed by atoms with van der Waals surface area (Å²) in [5.41, 5.74) is 2.59. The van der Waals surface area contributed by atoms with Crippen LogP contribution in [0.15, 0.2) is 120 Å². The second kappa shape index (κ2) is 26.1. The molecule has 1 saturated heterocycles. The number of carbonyl (C=O) groups is 8. The van der Waals surface area contributed by atoms with Gasteiger partial charge >= 0.3 is 5.97 Å². The Kier molecular flexibility index (Phi) is 19.4. The van der Waals surface area contributed by atoms with Crippen LogP contribution in [0, 0.1) is 23.7 Å². The molecule has 0 spiro atoms. The highest BCUT2D eigenvalue weighted by atomic mass is 32.2. The minimum atomic E-state index is -1.35. The molecule has 7 rings (SSSR count). The Morgan fingerprint density at radius 3 is 1.92 bits per heavy atom. The number of aromatic nitrogens is 1. The number of nitrogens with one attached hydrogen (secondary N) is 7. The molecule has 1 aromatic heterocycles. The molecule has 0 aliphatic carbocycles. The highest BCUT2D eigenvalue weighted by molar-refractivity contribution is 7.99. The molecule has 7 amide bonds. The standard InChI is InChI=1S/C59H72N8O9S/c1-7-36(4)38(6)52(71)60-31-49(68)62-47-34-77-57-43(42-26-18-19-27-44(42)65-57)29-45(53(72)61-32-50(69)70)63-56(75)51(37(5)8-2)66-55(74)48-28-35(3)33-67(48)58(76)46(64-54(47)73)30-59(39-20-12-9-13-21-39,40-22-14-10-15-23-40)41-24-16-11-17-25-41/h9-27,35-38,45-48,51,65H,7-8,28-34H2,1-6H3,(H,60,71)(H,61,72)(H,62,68)(H,63,75)(H,64,73)(H,66,74)(H,69,70)/t35-,36-,37-,38-,45-,46-,47-,48-,51-/m0/s1. The van der Waals surface area contributed by atoms with Crippen LogP contribution >= 0.6 is 11.8 Å². The van der Waals surface area contributed by atoms with Gasteiger partial charge in [0.2, 0.25) is 41.4 Å². The molecule has 5 aromatic rings. The maximum absolute atomic E-state index is 15.9. The number of thioether (sulfide) groups is 1. The minimum Gasteiger partial charge on any atom is -0.480 e. The number of aliphatic carboxylic acids is 1. The molecule has 1 fully saturated rings. The lowest BCUT2D eigenvalue weighted by Gasteiger charge is -2.40. The number of amides is 7. The summed E-state index contributed by atoms with van der Waals surface area (Å²) in [6.45, 7) is 10.3. The number of aromatic amines is 1. The van der Waals surface area contributed by atoms with Crippen molar-refractivity contribution < 1.29 is 43.5 Å². The highest BCUT2D eigenvalue weighted by Crippen LogP contribution is 2.44. The molecule has 2 aliphatic heterocycles. The molecule has 0 saturated carbocycles. The predicted molar refractivity (Wildman–Crippen MR) is 295 cm³/mol. The Labute approximate surface area is 454 Å². The van der Waals surface area contributed by atoms with E-state index in [4.69, 9.17) is 0 Å². The Morgan fingerprint density at radius 1 is 0.740 bits per heavy atom. The average Bonchev–Trinajstić information content (AvgIpc) is 4.02.